The fourth-order valence-corrected chi connectivity index (χ4v) is 4.21. The van der Waals surface area contributed by atoms with Crippen molar-refractivity contribution in [3.63, 3.8) is 0 Å². The molecule has 2 aliphatic rings. The zero-order valence-electron chi connectivity index (χ0n) is 16.8. The largest absolute Gasteiger partial charge is 0.481 e. The minimum absolute atomic E-state index is 0.0164. The molecule has 2 amide bonds. The smallest absolute Gasteiger partial charge is 0.317 e. The zero-order valence-corrected chi connectivity index (χ0v) is 16.8. The molecule has 6 heteroatoms. The molecule has 0 aromatic carbocycles. The van der Waals surface area contributed by atoms with Gasteiger partial charge in [-0.25, -0.2) is 9.78 Å². The molecule has 2 aliphatic heterocycles. The van der Waals surface area contributed by atoms with Crippen LogP contribution in [-0.4, -0.2) is 60.1 Å². The number of urea groups is 1. The van der Waals surface area contributed by atoms with Crippen LogP contribution in [-0.2, 0) is 6.54 Å². The van der Waals surface area contributed by atoms with E-state index in [9.17, 15) is 4.79 Å². The number of nitrogens with one attached hydrogen (secondary N) is 1. The Bertz CT molecular complexity index is 602. The minimum atomic E-state index is 0.0164. The molecule has 0 bridgehead atoms. The van der Waals surface area contributed by atoms with Gasteiger partial charge in [0.15, 0.2) is 0 Å². The highest BCUT2D eigenvalue weighted by Gasteiger charge is 2.24. The molecule has 1 N–H and O–H groups in total. The fourth-order valence-electron chi connectivity index (χ4n) is 4.21. The number of carbonyl (C=O) groups excluding carboxylic acids is 1. The van der Waals surface area contributed by atoms with Crippen LogP contribution >= 0.6 is 0 Å². The third kappa shape index (κ3) is 5.83. The summed E-state index contributed by atoms with van der Waals surface area (Å²) in [6.07, 6.45) is 7.59. The number of carbonyl (C=O) groups is 1. The highest BCUT2D eigenvalue weighted by Crippen LogP contribution is 2.23. The Kier molecular flexibility index (Phi) is 7.33. The highest BCUT2D eigenvalue weighted by molar-refractivity contribution is 5.74. The first-order valence-corrected chi connectivity index (χ1v) is 10.4. The monoisotopic (exact) mass is 374 g/mol. The lowest BCUT2D eigenvalue weighted by molar-refractivity contribution is 0.132. The quantitative estimate of drug-likeness (QED) is 0.830. The zero-order chi connectivity index (χ0) is 19.1. The minimum Gasteiger partial charge on any atom is -0.481 e. The van der Waals surface area contributed by atoms with E-state index >= 15 is 0 Å². The van der Waals surface area contributed by atoms with Gasteiger partial charge < -0.3 is 19.9 Å². The number of hydrogen-bond donors (Lipinski definition) is 1. The van der Waals surface area contributed by atoms with Gasteiger partial charge in [-0.05, 0) is 64.1 Å². The number of ether oxygens (including phenoxy) is 1. The number of nitrogens with zero attached hydrogens (tertiary/aromatic N) is 3. The van der Waals surface area contributed by atoms with E-state index in [1.54, 1.807) is 13.2 Å². The van der Waals surface area contributed by atoms with Gasteiger partial charge in [0.05, 0.1) is 19.3 Å². The molecule has 0 saturated carbocycles. The molecule has 6 nitrogen and oxygen atoms in total. The van der Waals surface area contributed by atoms with Crippen LogP contribution in [0.4, 0.5) is 4.79 Å². The molecule has 3 rings (SSSR count). The number of pyridine rings is 1. The third-order valence-electron chi connectivity index (χ3n) is 6.08. The van der Waals surface area contributed by atoms with Crippen molar-refractivity contribution in [2.24, 2.45) is 5.92 Å². The second-order valence-corrected chi connectivity index (χ2v) is 7.93. The Balaban J connectivity index is 1.36. The van der Waals surface area contributed by atoms with Gasteiger partial charge in [-0.1, -0.05) is 12.5 Å². The number of methoxy groups -OCH3 is 1. The van der Waals surface area contributed by atoms with Crippen molar-refractivity contribution in [1.82, 2.24) is 20.1 Å². The Hall–Kier alpha value is -1.82. The highest BCUT2D eigenvalue weighted by atomic mass is 16.5. The van der Waals surface area contributed by atoms with E-state index in [0.717, 1.165) is 43.6 Å². The summed E-state index contributed by atoms with van der Waals surface area (Å²) in [5, 5.41) is 2.99. The molecule has 0 spiro atoms. The SMILES string of the molecule is COc1cccc(CNC(=O)N2CCC(CCN3CCCCC3C)CC2)n1. The summed E-state index contributed by atoms with van der Waals surface area (Å²) in [5.41, 5.74) is 0.813. The Labute approximate surface area is 163 Å². The van der Waals surface area contributed by atoms with Crippen molar-refractivity contribution < 1.29 is 9.53 Å². The molecular formula is C21H34N4O2. The van der Waals surface area contributed by atoms with Crippen LogP contribution in [0.5, 0.6) is 5.88 Å². The van der Waals surface area contributed by atoms with E-state index < -0.39 is 0 Å². The molecule has 2 fully saturated rings. The molecule has 27 heavy (non-hydrogen) atoms. The maximum atomic E-state index is 12.4. The van der Waals surface area contributed by atoms with Crippen molar-refractivity contribution in [2.75, 3.05) is 33.3 Å². The van der Waals surface area contributed by atoms with Gasteiger partial charge in [0, 0.05) is 25.2 Å². The fraction of sp³-hybridized carbons (Fsp3) is 0.714. The average Bonchev–Trinajstić information content (AvgIpc) is 2.72. The van der Waals surface area contributed by atoms with Gasteiger partial charge in [-0.15, -0.1) is 0 Å². The third-order valence-corrected chi connectivity index (χ3v) is 6.08. The van der Waals surface area contributed by atoms with Gasteiger partial charge in [0.25, 0.3) is 0 Å². The van der Waals surface area contributed by atoms with E-state index in [0.29, 0.717) is 12.4 Å². The van der Waals surface area contributed by atoms with Crippen LogP contribution in [0.25, 0.3) is 0 Å². The predicted molar refractivity (Wildman–Crippen MR) is 107 cm³/mol. The van der Waals surface area contributed by atoms with Crippen LogP contribution in [0.15, 0.2) is 18.2 Å². The van der Waals surface area contributed by atoms with Crippen LogP contribution in [0.1, 0.15) is 51.1 Å². The van der Waals surface area contributed by atoms with Gasteiger partial charge in [-0.2, -0.15) is 0 Å². The van der Waals surface area contributed by atoms with Gasteiger partial charge >= 0.3 is 6.03 Å². The first-order chi connectivity index (χ1) is 13.2. The summed E-state index contributed by atoms with van der Waals surface area (Å²) >= 11 is 0. The number of hydrogen-bond acceptors (Lipinski definition) is 4. The molecule has 1 atom stereocenters. The first-order valence-electron chi connectivity index (χ1n) is 10.4. The van der Waals surface area contributed by atoms with E-state index in [4.69, 9.17) is 4.74 Å². The maximum Gasteiger partial charge on any atom is 0.317 e. The molecule has 2 saturated heterocycles. The lowest BCUT2D eigenvalue weighted by atomic mass is 9.92. The van der Waals surface area contributed by atoms with Crippen molar-refractivity contribution in [1.29, 1.82) is 0 Å². The second-order valence-electron chi connectivity index (χ2n) is 7.93. The van der Waals surface area contributed by atoms with Crippen molar-refractivity contribution in [3.8, 4) is 5.88 Å². The summed E-state index contributed by atoms with van der Waals surface area (Å²) in [5.74, 6) is 1.33. The van der Waals surface area contributed by atoms with Crippen LogP contribution in [0.3, 0.4) is 0 Å². The van der Waals surface area contributed by atoms with Gasteiger partial charge in [0.1, 0.15) is 0 Å². The van der Waals surface area contributed by atoms with E-state index in [1.165, 1.54) is 38.8 Å². The number of likely N-dealkylation sites (tertiary alicyclic amines) is 2. The maximum absolute atomic E-state index is 12.4. The van der Waals surface area contributed by atoms with E-state index in [2.05, 4.69) is 22.1 Å². The van der Waals surface area contributed by atoms with Crippen LogP contribution in [0, 0.1) is 5.92 Å². The van der Waals surface area contributed by atoms with Gasteiger partial charge in [0.2, 0.25) is 5.88 Å². The molecule has 1 aromatic rings. The van der Waals surface area contributed by atoms with E-state index in [-0.39, 0.29) is 6.03 Å². The number of amides is 2. The summed E-state index contributed by atoms with van der Waals surface area (Å²) in [6, 6.07) is 6.36. The molecule has 0 aliphatic carbocycles. The van der Waals surface area contributed by atoms with Crippen molar-refractivity contribution in [2.45, 2.75) is 58.0 Å². The Morgan fingerprint density at radius 3 is 2.78 bits per heavy atom. The van der Waals surface area contributed by atoms with Crippen molar-refractivity contribution in [3.05, 3.63) is 23.9 Å². The van der Waals surface area contributed by atoms with E-state index in [1.807, 2.05) is 17.0 Å². The first kappa shape index (κ1) is 19.9. The lowest BCUT2D eigenvalue weighted by Gasteiger charge is -2.36. The Morgan fingerprint density at radius 1 is 1.22 bits per heavy atom. The summed E-state index contributed by atoms with van der Waals surface area (Å²) < 4.78 is 5.13. The lowest BCUT2D eigenvalue weighted by Crippen LogP contribution is -2.45. The predicted octanol–water partition coefficient (Wildman–Crippen LogP) is 3.28. The van der Waals surface area contributed by atoms with Crippen LogP contribution < -0.4 is 10.1 Å². The standard InChI is InChI=1S/C21H34N4O2/c1-17-6-3-4-12-24(17)13-9-18-10-14-25(15-11-18)21(26)22-16-19-7-5-8-20(23-19)27-2/h5,7-8,17-18H,3-4,6,9-16H2,1-2H3,(H,22,26). The molecule has 1 unspecified atom stereocenters. The summed E-state index contributed by atoms with van der Waals surface area (Å²) in [4.78, 5) is 21.4. The molecule has 0 radical (unpaired) electrons. The molecular weight excluding hydrogens is 340 g/mol. The Morgan fingerprint density at radius 2 is 2.04 bits per heavy atom. The number of piperidine rings is 2. The van der Waals surface area contributed by atoms with Crippen molar-refractivity contribution >= 4 is 6.03 Å². The summed E-state index contributed by atoms with van der Waals surface area (Å²) in [7, 11) is 1.60. The number of rotatable bonds is 6. The summed E-state index contributed by atoms with van der Waals surface area (Å²) in [6.45, 7) is 7.00. The molecule has 3 heterocycles. The van der Waals surface area contributed by atoms with Crippen LogP contribution in [0.2, 0.25) is 0 Å². The molecule has 1 aromatic heterocycles. The molecule has 150 valence electrons. The topological polar surface area (TPSA) is 57.7 Å². The second kappa shape index (κ2) is 9.93. The normalized spacial score (nSPS) is 21.9. The number of aromatic nitrogens is 1. The van der Waals surface area contributed by atoms with Gasteiger partial charge in [-0.3, -0.25) is 0 Å². The average molecular weight is 375 g/mol.